The Morgan fingerprint density at radius 3 is 2.94 bits per heavy atom. The number of fused-ring (bicyclic) bond motifs is 2. The average molecular weight is 232 g/mol. The number of imidazole rings is 1. The summed E-state index contributed by atoms with van der Waals surface area (Å²) in [6.45, 7) is 3.43. The second kappa shape index (κ2) is 2.91. The molecular weight excluding hydrogens is 220 g/mol. The molecule has 2 aromatic rings. The third-order valence-electron chi connectivity index (χ3n) is 2.76. The predicted molar refractivity (Wildman–Crippen MR) is 63.8 cm³/mol. The number of H-pyrrole nitrogens is 1. The molecule has 0 bridgehead atoms. The first-order valence-corrected chi connectivity index (χ1v) is 5.25. The summed E-state index contributed by atoms with van der Waals surface area (Å²) in [5, 5.41) is 2.80. The van der Waals surface area contributed by atoms with Crippen molar-refractivity contribution in [1.82, 2.24) is 9.97 Å². The minimum atomic E-state index is -0.872. The van der Waals surface area contributed by atoms with Crippen molar-refractivity contribution in [3.8, 4) is 5.75 Å². The molecule has 3 rings (SSSR count). The van der Waals surface area contributed by atoms with Crippen LogP contribution in [-0.2, 0) is 4.79 Å². The number of nitrogens with one attached hydrogen (secondary N) is 2. The molecule has 1 aromatic heterocycles. The van der Waals surface area contributed by atoms with Crippen molar-refractivity contribution < 1.29 is 9.53 Å². The minimum absolute atomic E-state index is 0.170. The molecule has 1 aliphatic rings. The number of nitrogens with two attached hydrogens (primary N) is 1. The van der Waals surface area contributed by atoms with E-state index in [1.54, 1.807) is 26.0 Å². The lowest BCUT2D eigenvalue weighted by Crippen LogP contribution is -2.45. The number of carbonyl (C=O) groups excluding carboxylic acids is 1. The van der Waals surface area contributed by atoms with Crippen LogP contribution in [0.15, 0.2) is 12.1 Å². The number of amides is 1. The van der Waals surface area contributed by atoms with Gasteiger partial charge < -0.3 is 20.8 Å². The number of nitrogens with zero attached hydrogens (tertiary/aromatic N) is 1. The quantitative estimate of drug-likeness (QED) is 0.637. The number of aromatic nitrogens is 2. The van der Waals surface area contributed by atoms with Gasteiger partial charge in [0.25, 0.3) is 5.91 Å². The van der Waals surface area contributed by atoms with Crippen molar-refractivity contribution in [3.63, 3.8) is 0 Å². The summed E-state index contributed by atoms with van der Waals surface area (Å²) in [6.07, 6.45) is 0. The van der Waals surface area contributed by atoms with Gasteiger partial charge in [0.15, 0.2) is 11.5 Å². The number of aromatic amines is 1. The number of rotatable bonds is 0. The van der Waals surface area contributed by atoms with Crippen molar-refractivity contribution in [3.05, 3.63) is 12.1 Å². The Morgan fingerprint density at radius 1 is 1.41 bits per heavy atom. The Labute approximate surface area is 97.2 Å². The number of carbonyl (C=O) groups is 1. The lowest BCUT2D eigenvalue weighted by molar-refractivity contribution is -0.129. The van der Waals surface area contributed by atoms with Gasteiger partial charge in [0, 0.05) is 6.07 Å². The maximum Gasteiger partial charge on any atom is 0.268 e. The highest BCUT2D eigenvalue weighted by Gasteiger charge is 2.35. The molecule has 6 nitrogen and oxygen atoms in total. The van der Waals surface area contributed by atoms with Crippen LogP contribution < -0.4 is 15.8 Å². The second-order valence-electron chi connectivity index (χ2n) is 4.55. The zero-order chi connectivity index (χ0) is 12.2. The third kappa shape index (κ3) is 1.41. The van der Waals surface area contributed by atoms with Gasteiger partial charge in [-0.05, 0) is 19.9 Å². The molecular formula is C11H12N4O2. The summed E-state index contributed by atoms with van der Waals surface area (Å²) in [5.74, 6) is 0.776. The first kappa shape index (κ1) is 9.95. The molecule has 1 amide bonds. The molecule has 0 unspecified atom stereocenters. The van der Waals surface area contributed by atoms with Crippen molar-refractivity contribution in [1.29, 1.82) is 0 Å². The maximum absolute atomic E-state index is 11.7. The molecule has 88 valence electrons. The highest BCUT2D eigenvalue weighted by atomic mass is 16.5. The molecule has 0 saturated heterocycles. The first-order valence-electron chi connectivity index (χ1n) is 5.25. The van der Waals surface area contributed by atoms with E-state index in [1.807, 2.05) is 0 Å². The normalized spacial score (nSPS) is 17.4. The molecule has 0 spiro atoms. The number of hydrogen-bond acceptors (Lipinski definition) is 4. The van der Waals surface area contributed by atoms with Crippen LogP contribution >= 0.6 is 0 Å². The standard InChI is InChI=1S/C11H12N4O2/c1-11(2)9(16)13-7-3-5-6(4-8(7)17-11)15-10(12)14-5/h3-4H,1-2H3,(H,13,16)(H3,12,14,15). The molecule has 0 saturated carbocycles. The van der Waals surface area contributed by atoms with Gasteiger partial charge in [-0.3, -0.25) is 4.79 Å². The summed E-state index contributed by atoms with van der Waals surface area (Å²) in [5.41, 5.74) is 6.82. The van der Waals surface area contributed by atoms with Gasteiger partial charge in [-0.1, -0.05) is 0 Å². The van der Waals surface area contributed by atoms with Crippen LogP contribution in [0.25, 0.3) is 11.0 Å². The topological polar surface area (TPSA) is 93.0 Å². The molecule has 0 aliphatic carbocycles. The highest BCUT2D eigenvalue weighted by molar-refractivity contribution is 6.02. The molecule has 0 radical (unpaired) electrons. The van der Waals surface area contributed by atoms with Crippen LogP contribution in [0.5, 0.6) is 5.75 Å². The maximum atomic E-state index is 11.7. The van der Waals surface area contributed by atoms with E-state index in [-0.39, 0.29) is 5.91 Å². The van der Waals surface area contributed by atoms with E-state index in [1.165, 1.54) is 0 Å². The molecule has 1 aliphatic heterocycles. The monoisotopic (exact) mass is 232 g/mol. The molecule has 2 heterocycles. The van der Waals surface area contributed by atoms with Crippen LogP contribution in [0.3, 0.4) is 0 Å². The second-order valence-corrected chi connectivity index (χ2v) is 4.55. The van der Waals surface area contributed by atoms with Crippen LogP contribution in [0.2, 0.25) is 0 Å². The van der Waals surface area contributed by atoms with E-state index in [0.717, 1.165) is 5.52 Å². The van der Waals surface area contributed by atoms with Crippen LogP contribution in [0.4, 0.5) is 11.6 Å². The van der Waals surface area contributed by atoms with Gasteiger partial charge in [0.05, 0.1) is 16.7 Å². The van der Waals surface area contributed by atoms with E-state index < -0.39 is 5.60 Å². The third-order valence-corrected chi connectivity index (χ3v) is 2.76. The number of benzene rings is 1. The summed E-state index contributed by atoms with van der Waals surface area (Å²) in [4.78, 5) is 18.8. The Balaban J connectivity index is 2.19. The van der Waals surface area contributed by atoms with Crippen molar-refractivity contribution >= 4 is 28.6 Å². The predicted octanol–water partition coefficient (Wildman–Crippen LogP) is 1.25. The zero-order valence-corrected chi connectivity index (χ0v) is 9.50. The van der Waals surface area contributed by atoms with E-state index >= 15 is 0 Å². The zero-order valence-electron chi connectivity index (χ0n) is 9.50. The fourth-order valence-corrected chi connectivity index (χ4v) is 1.83. The van der Waals surface area contributed by atoms with Crippen LogP contribution in [0.1, 0.15) is 13.8 Å². The molecule has 1 aromatic carbocycles. The number of ether oxygens (including phenoxy) is 1. The number of anilines is 2. The van der Waals surface area contributed by atoms with E-state index in [2.05, 4.69) is 15.3 Å². The minimum Gasteiger partial charge on any atom is -0.476 e. The van der Waals surface area contributed by atoms with Gasteiger partial charge >= 0.3 is 0 Å². The van der Waals surface area contributed by atoms with Crippen molar-refractivity contribution in [2.75, 3.05) is 11.1 Å². The summed E-state index contributed by atoms with van der Waals surface area (Å²) in [7, 11) is 0. The van der Waals surface area contributed by atoms with Crippen molar-refractivity contribution in [2.45, 2.75) is 19.4 Å². The lowest BCUT2D eigenvalue weighted by atomic mass is 10.1. The van der Waals surface area contributed by atoms with Gasteiger partial charge in [0.2, 0.25) is 0 Å². The molecule has 0 fully saturated rings. The summed E-state index contributed by atoms with van der Waals surface area (Å²) >= 11 is 0. The van der Waals surface area contributed by atoms with Crippen LogP contribution in [0, 0.1) is 0 Å². The van der Waals surface area contributed by atoms with E-state index in [0.29, 0.717) is 22.9 Å². The Morgan fingerprint density at radius 2 is 2.18 bits per heavy atom. The summed E-state index contributed by atoms with van der Waals surface area (Å²) < 4.78 is 5.64. The molecule has 4 N–H and O–H groups in total. The SMILES string of the molecule is CC1(C)Oc2cc3nc(N)[nH]c3cc2NC1=O. The van der Waals surface area contributed by atoms with Gasteiger partial charge in [0.1, 0.15) is 5.75 Å². The summed E-state index contributed by atoms with van der Waals surface area (Å²) in [6, 6.07) is 3.53. The van der Waals surface area contributed by atoms with E-state index in [4.69, 9.17) is 10.5 Å². The lowest BCUT2D eigenvalue weighted by Gasteiger charge is -2.31. The van der Waals surface area contributed by atoms with Crippen molar-refractivity contribution in [2.24, 2.45) is 0 Å². The van der Waals surface area contributed by atoms with Gasteiger partial charge in [-0.2, -0.15) is 0 Å². The average Bonchev–Trinajstić information content (AvgIpc) is 2.55. The molecule has 6 heteroatoms. The first-order chi connectivity index (χ1) is 7.95. The molecule has 0 atom stereocenters. The van der Waals surface area contributed by atoms with Gasteiger partial charge in [-0.15, -0.1) is 0 Å². The fourth-order valence-electron chi connectivity index (χ4n) is 1.83. The largest absolute Gasteiger partial charge is 0.476 e. The Kier molecular flexibility index (Phi) is 1.70. The smallest absolute Gasteiger partial charge is 0.268 e. The number of hydrogen-bond donors (Lipinski definition) is 3. The number of nitrogen functional groups attached to an aromatic ring is 1. The van der Waals surface area contributed by atoms with Gasteiger partial charge in [-0.25, -0.2) is 4.98 Å². The Bertz CT molecular complexity index is 630. The van der Waals surface area contributed by atoms with E-state index in [9.17, 15) is 4.79 Å². The Hall–Kier alpha value is -2.24. The fraction of sp³-hybridized carbons (Fsp3) is 0.273. The highest BCUT2D eigenvalue weighted by Crippen LogP contribution is 2.36. The van der Waals surface area contributed by atoms with Crippen LogP contribution in [-0.4, -0.2) is 21.5 Å². The molecule has 17 heavy (non-hydrogen) atoms.